The summed E-state index contributed by atoms with van der Waals surface area (Å²) in [4.78, 5) is 0. The lowest BCUT2D eigenvalue weighted by molar-refractivity contribution is 1.05. The fraction of sp³-hybridized carbons (Fsp3) is 0. The zero-order chi connectivity index (χ0) is 10.8. The van der Waals surface area contributed by atoms with E-state index < -0.39 is 0 Å². The van der Waals surface area contributed by atoms with Crippen LogP contribution in [0.2, 0.25) is 0 Å². The van der Waals surface area contributed by atoms with Crippen molar-refractivity contribution in [3.63, 3.8) is 0 Å². The van der Waals surface area contributed by atoms with Crippen molar-refractivity contribution >= 4 is 27.6 Å². The van der Waals surface area contributed by atoms with E-state index >= 15 is 0 Å². The van der Waals surface area contributed by atoms with Gasteiger partial charge in [-0.15, -0.1) is 10.2 Å². The van der Waals surface area contributed by atoms with E-state index in [9.17, 15) is 0 Å². The molecule has 0 spiro atoms. The molecule has 0 radical (unpaired) electrons. The normalized spacial score (nSPS) is 10.2. The zero-order valence-corrected chi connectivity index (χ0v) is 9.40. The van der Waals surface area contributed by atoms with Gasteiger partial charge in [0.15, 0.2) is 5.82 Å². The van der Waals surface area contributed by atoms with Crippen molar-refractivity contribution in [1.29, 1.82) is 0 Å². The number of anilines is 2. The molecule has 5 heteroatoms. The standard InChI is InChI=1S/C10H9BrN4/c11-7-3-1-6(2-4-7)8-5-9(12)14-15-10(8)13/h1-5H,(H2,12,14)(H2,13,15). The minimum Gasteiger partial charge on any atom is -0.382 e. The van der Waals surface area contributed by atoms with Gasteiger partial charge in [-0.1, -0.05) is 28.1 Å². The van der Waals surface area contributed by atoms with E-state index in [1.165, 1.54) is 0 Å². The molecule has 76 valence electrons. The quantitative estimate of drug-likeness (QED) is 0.827. The van der Waals surface area contributed by atoms with Gasteiger partial charge in [-0.2, -0.15) is 0 Å². The lowest BCUT2D eigenvalue weighted by Crippen LogP contribution is -2.00. The topological polar surface area (TPSA) is 77.8 Å². The third kappa shape index (κ3) is 2.07. The number of aromatic nitrogens is 2. The molecule has 0 atom stereocenters. The first-order valence-electron chi connectivity index (χ1n) is 4.31. The summed E-state index contributed by atoms with van der Waals surface area (Å²) in [6.45, 7) is 0. The fourth-order valence-electron chi connectivity index (χ4n) is 1.28. The molecule has 0 aliphatic heterocycles. The van der Waals surface area contributed by atoms with Gasteiger partial charge in [0.1, 0.15) is 5.82 Å². The number of nitrogens with zero attached hydrogens (tertiary/aromatic N) is 2. The van der Waals surface area contributed by atoms with Gasteiger partial charge in [-0.05, 0) is 23.8 Å². The van der Waals surface area contributed by atoms with Gasteiger partial charge in [0.05, 0.1) is 0 Å². The molecular weight excluding hydrogens is 256 g/mol. The Bertz CT molecular complexity index is 481. The highest BCUT2D eigenvalue weighted by molar-refractivity contribution is 9.10. The maximum Gasteiger partial charge on any atom is 0.154 e. The van der Waals surface area contributed by atoms with Crippen LogP contribution in [-0.4, -0.2) is 10.2 Å². The molecule has 0 unspecified atom stereocenters. The van der Waals surface area contributed by atoms with Crippen molar-refractivity contribution < 1.29 is 0 Å². The van der Waals surface area contributed by atoms with Gasteiger partial charge >= 0.3 is 0 Å². The van der Waals surface area contributed by atoms with Gasteiger partial charge in [0.2, 0.25) is 0 Å². The molecule has 0 saturated heterocycles. The van der Waals surface area contributed by atoms with Crippen molar-refractivity contribution in [2.75, 3.05) is 11.5 Å². The summed E-state index contributed by atoms with van der Waals surface area (Å²) in [7, 11) is 0. The summed E-state index contributed by atoms with van der Waals surface area (Å²) in [6, 6.07) is 9.47. The van der Waals surface area contributed by atoms with Crippen LogP contribution in [0.15, 0.2) is 34.8 Å². The summed E-state index contributed by atoms with van der Waals surface area (Å²) >= 11 is 3.37. The molecule has 15 heavy (non-hydrogen) atoms. The molecule has 2 aromatic rings. The van der Waals surface area contributed by atoms with E-state index in [4.69, 9.17) is 11.5 Å². The Kier molecular flexibility index (Phi) is 2.55. The molecule has 0 saturated carbocycles. The van der Waals surface area contributed by atoms with Crippen LogP contribution >= 0.6 is 15.9 Å². The monoisotopic (exact) mass is 264 g/mol. The Morgan fingerprint density at radius 3 is 2.33 bits per heavy atom. The van der Waals surface area contributed by atoms with E-state index in [1.54, 1.807) is 6.07 Å². The molecule has 0 amide bonds. The molecule has 4 nitrogen and oxygen atoms in total. The first-order chi connectivity index (χ1) is 7.16. The predicted octanol–water partition coefficient (Wildman–Crippen LogP) is 2.07. The molecule has 1 aromatic heterocycles. The average Bonchev–Trinajstić information content (AvgIpc) is 2.23. The third-order valence-corrected chi connectivity index (χ3v) is 2.53. The van der Waals surface area contributed by atoms with Gasteiger partial charge in [-0.25, -0.2) is 0 Å². The Labute approximate surface area is 95.4 Å². The van der Waals surface area contributed by atoms with Crippen LogP contribution in [0.25, 0.3) is 11.1 Å². The van der Waals surface area contributed by atoms with Gasteiger partial charge in [0.25, 0.3) is 0 Å². The number of halogens is 1. The second kappa shape index (κ2) is 3.86. The summed E-state index contributed by atoms with van der Waals surface area (Å²) < 4.78 is 1.01. The summed E-state index contributed by atoms with van der Waals surface area (Å²) in [5, 5.41) is 7.44. The maximum absolute atomic E-state index is 5.72. The van der Waals surface area contributed by atoms with Crippen LogP contribution in [0, 0.1) is 0 Å². The largest absolute Gasteiger partial charge is 0.382 e. The molecule has 0 aliphatic rings. The van der Waals surface area contributed by atoms with Crippen LogP contribution < -0.4 is 11.5 Å². The van der Waals surface area contributed by atoms with Gasteiger partial charge in [-0.3, -0.25) is 0 Å². The van der Waals surface area contributed by atoms with E-state index in [2.05, 4.69) is 26.1 Å². The first-order valence-corrected chi connectivity index (χ1v) is 5.11. The van der Waals surface area contributed by atoms with Gasteiger partial charge < -0.3 is 11.5 Å². The number of nitrogens with two attached hydrogens (primary N) is 2. The summed E-state index contributed by atoms with van der Waals surface area (Å²) in [5.41, 5.74) is 13.0. The second-order valence-corrected chi connectivity index (χ2v) is 3.99. The highest BCUT2D eigenvalue weighted by Crippen LogP contribution is 2.26. The average molecular weight is 265 g/mol. The lowest BCUT2D eigenvalue weighted by Gasteiger charge is -2.04. The van der Waals surface area contributed by atoms with E-state index in [0.29, 0.717) is 11.6 Å². The lowest BCUT2D eigenvalue weighted by atomic mass is 10.1. The molecule has 0 aliphatic carbocycles. The summed E-state index contributed by atoms with van der Waals surface area (Å²) in [6.07, 6.45) is 0. The zero-order valence-electron chi connectivity index (χ0n) is 7.81. The van der Waals surface area contributed by atoms with Crippen molar-refractivity contribution in [2.24, 2.45) is 0 Å². The highest BCUT2D eigenvalue weighted by atomic mass is 79.9. The number of hydrogen-bond donors (Lipinski definition) is 2. The van der Waals surface area contributed by atoms with Crippen LogP contribution in [0.4, 0.5) is 11.6 Å². The Morgan fingerprint density at radius 2 is 1.67 bits per heavy atom. The SMILES string of the molecule is Nc1cc(-c2ccc(Br)cc2)c(N)nn1. The molecule has 0 fully saturated rings. The predicted molar refractivity (Wildman–Crippen MR) is 64.0 cm³/mol. The van der Waals surface area contributed by atoms with E-state index in [-0.39, 0.29) is 0 Å². The number of benzene rings is 1. The molecule has 1 heterocycles. The van der Waals surface area contributed by atoms with Crippen molar-refractivity contribution in [3.8, 4) is 11.1 Å². The Hall–Kier alpha value is -1.62. The maximum atomic E-state index is 5.72. The molecule has 2 rings (SSSR count). The minimum absolute atomic E-state index is 0.363. The molecule has 0 bridgehead atoms. The number of hydrogen-bond acceptors (Lipinski definition) is 4. The van der Waals surface area contributed by atoms with E-state index in [0.717, 1.165) is 15.6 Å². The van der Waals surface area contributed by atoms with Crippen molar-refractivity contribution in [1.82, 2.24) is 10.2 Å². The second-order valence-electron chi connectivity index (χ2n) is 3.08. The summed E-state index contributed by atoms with van der Waals surface area (Å²) in [5.74, 6) is 0.744. The highest BCUT2D eigenvalue weighted by Gasteiger charge is 2.04. The molecule has 4 N–H and O–H groups in total. The minimum atomic E-state index is 0.363. The van der Waals surface area contributed by atoms with Crippen molar-refractivity contribution in [3.05, 3.63) is 34.8 Å². The first kappa shape index (κ1) is 9.92. The van der Waals surface area contributed by atoms with Crippen LogP contribution in [0.5, 0.6) is 0 Å². The van der Waals surface area contributed by atoms with Crippen LogP contribution in [0.3, 0.4) is 0 Å². The Morgan fingerprint density at radius 1 is 1.00 bits per heavy atom. The number of nitrogen functional groups attached to an aromatic ring is 2. The Balaban J connectivity index is 2.53. The van der Waals surface area contributed by atoms with E-state index in [1.807, 2.05) is 24.3 Å². The van der Waals surface area contributed by atoms with Gasteiger partial charge in [0, 0.05) is 10.0 Å². The molecule has 1 aromatic carbocycles. The smallest absolute Gasteiger partial charge is 0.154 e. The van der Waals surface area contributed by atoms with Crippen LogP contribution in [-0.2, 0) is 0 Å². The number of rotatable bonds is 1. The van der Waals surface area contributed by atoms with Crippen LogP contribution in [0.1, 0.15) is 0 Å². The fourth-order valence-corrected chi connectivity index (χ4v) is 1.54. The third-order valence-electron chi connectivity index (χ3n) is 2.00. The van der Waals surface area contributed by atoms with Crippen molar-refractivity contribution in [2.45, 2.75) is 0 Å². The molecular formula is C10H9BrN4.